The fourth-order valence-corrected chi connectivity index (χ4v) is 3.08. The van der Waals surface area contributed by atoms with Crippen LogP contribution in [0, 0.1) is 25.1 Å². The number of carbonyl (C=O) groups excluding carboxylic acids is 2. The van der Waals surface area contributed by atoms with Gasteiger partial charge < -0.3 is 16.2 Å². The first kappa shape index (κ1) is 24.5. The molecule has 0 fully saturated rings. The van der Waals surface area contributed by atoms with Gasteiger partial charge in [-0.05, 0) is 60.7 Å². The average Bonchev–Trinajstić information content (AvgIpc) is 2.60. The van der Waals surface area contributed by atoms with Crippen molar-refractivity contribution in [1.82, 2.24) is 0 Å². The minimum Gasteiger partial charge on any atom is -0.396 e. The van der Waals surface area contributed by atoms with Gasteiger partial charge in [0, 0.05) is 16.3 Å². The molecule has 0 radical (unpaired) electrons. The Morgan fingerprint density at radius 3 is 2.38 bits per heavy atom. The largest absolute Gasteiger partial charge is 0.411 e. The highest BCUT2D eigenvalue weighted by atomic mass is 35.5. The van der Waals surface area contributed by atoms with Crippen molar-refractivity contribution in [3.8, 4) is 0 Å². The summed E-state index contributed by atoms with van der Waals surface area (Å²) in [5.41, 5.74) is 12.6. The Balaban J connectivity index is 0.000000326. The van der Waals surface area contributed by atoms with Crippen molar-refractivity contribution >= 4 is 42.1 Å². The number of hydrogen-bond acceptors (Lipinski definition) is 5. The van der Waals surface area contributed by atoms with Gasteiger partial charge in [0.05, 0.1) is 5.56 Å². The van der Waals surface area contributed by atoms with E-state index in [1.54, 1.807) is 25.1 Å². The van der Waals surface area contributed by atoms with Gasteiger partial charge in [0.15, 0.2) is 5.90 Å². The van der Waals surface area contributed by atoms with Gasteiger partial charge in [0.2, 0.25) is 5.91 Å². The van der Waals surface area contributed by atoms with Gasteiger partial charge in [-0.2, -0.15) is 0 Å². The van der Waals surface area contributed by atoms with E-state index in [4.69, 9.17) is 28.5 Å². The van der Waals surface area contributed by atoms with Crippen molar-refractivity contribution in [2.45, 2.75) is 38.0 Å². The van der Waals surface area contributed by atoms with Gasteiger partial charge in [0.1, 0.15) is 5.82 Å². The Bertz CT molecular complexity index is 937. The van der Waals surface area contributed by atoms with Crippen LogP contribution in [0.3, 0.4) is 0 Å². The summed E-state index contributed by atoms with van der Waals surface area (Å²) in [5, 5.41) is 7.93. The number of carbonyl (C=O) groups is 2. The lowest BCUT2D eigenvalue weighted by Gasteiger charge is -2.17. The summed E-state index contributed by atoms with van der Waals surface area (Å²) < 4.78 is 18.2. The molecule has 1 unspecified atom stereocenters. The maximum absolute atomic E-state index is 13.8. The van der Waals surface area contributed by atoms with Crippen LogP contribution in [0.5, 0.6) is 0 Å². The number of aryl methyl sites for hydroxylation is 1. The van der Waals surface area contributed by atoms with E-state index >= 15 is 0 Å². The fraction of sp³-hybridized carbons (Fsp3) is 0.250. The molecule has 0 aliphatic carbocycles. The average molecular weight is 440 g/mol. The maximum atomic E-state index is 13.8. The first-order valence-electron chi connectivity index (χ1n) is 8.52. The zero-order chi connectivity index (χ0) is 22.3. The minimum atomic E-state index is -1.02. The molecule has 0 aliphatic heterocycles. The van der Waals surface area contributed by atoms with Crippen LogP contribution in [0.2, 0.25) is 5.02 Å². The van der Waals surface area contributed by atoms with Crippen LogP contribution < -0.4 is 11.5 Å². The first-order chi connectivity index (χ1) is 13.4. The van der Waals surface area contributed by atoms with Crippen molar-refractivity contribution in [1.29, 1.82) is 5.41 Å². The van der Waals surface area contributed by atoms with Crippen LogP contribution >= 0.6 is 24.2 Å². The van der Waals surface area contributed by atoms with Gasteiger partial charge >= 0.3 is 6.09 Å². The lowest BCUT2D eigenvalue weighted by molar-refractivity contribution is 0.0997. The van der Waals surface area contributed by atoms with Crippen LogP contribution in [0.25, 0.3) is 0 Å². The molecular formula is C20H23ClFN3O3S. The molecule has 0 aliphatic rings. The second-order valence-corrected chi connectivity index (χ2v) is 7.30. The number of benzene rings is 2. The molecule has 1 atom stereocenters. The topological polar surface area (TPSA) is 119 Å². The molecule has 0 heterocycles. The van der Waals surface area contributed by atoms with E-state index in [-0.39, 0.29) is 24.1 Å². The summed E-state index contributed by atoms with van der Waals surface area (Å²) in [6, 6.07) is 7.90. The standard InChI is InChI=1S/C13H17FN2O2.C7H6ClNOS/c1-7-4-5-10(14)12(9(7)3)8(2)6-11(15)18-13(16)17;8-4-1-2-6(11)5(3-4)7(9)10/h4-5,8,15H,6H2,1-3H3,(H2,16,17);1-3,11H,(H2,9,10). The molecule has 6 nitrogen and oxygen atoms in total. The van der Waals surface area contributed by atoms with E-state index in [2.05, 4.69) is 17.4 Å². The number of ether oxygens (including phenoxy) is 1. The number of primary amides is 2. The van der Waals surface area contributed by atoms with E-state index in [1.807, 2.05) is 13.8 Å². The van der Waals surface area contributed by atoms with Crippen LogP contribution in [0.15, 0.2) is 35.2 Å². The predicted octanol–water partition coefficient (Wildman–Crippen LogP) is 4.74. The summed E-state index contributed by atoms with van der Waals surface area (Å²) >= 11 is 9.64. The third-order valence-electron chi connectivity index (χ3n) is 4.16. The molecular weight excluding hydrogens is 417 g/mol. The minimum absolute atomic E-state index is 0.129. The molecule has 2 rings (SSSR count). The van der Waals surface area contributed by atoms with Crippen molar-refractivity contribution in [3.05, 3.63) is 63.4 Å². The monoisotopic (exact) mass is 439 g/mol. The predicted molar refractivity (Wildman–Crippen MR) is 115 cm³/mol. The lowest BCUT2D eigenvalue weighted by atomic mass is 9.91. The smallest absolute Gasteiger partial charge is 0.396 e. The van der Waals surface area contributed by atoms with Crippen LogP contribution in [-0.2, 0) is 4.74 Å². The zero-order valence-electron chi connectivity index (χ0n) is 16.3. The zero-order valence-corrected chi connectivity index (χ0v) is 17.9. The number of nitrogens with two attached hydrogens (primary N) is 2. The van der Waals surface area contributed by atoms with Crippen molar-refractivity contribution < 1.29 is 18.7 Å². The molecule has 9 heteroatoms. The number of rotatable bonds is 4. The highest BCUT2D eigenvalue weighted by Gasteiger charge is 2.18. The maximum Gasteiger partial charge on any atom is 0.411 e. The van der Waals surface area contributed by atoms with Gasteiger partial charge in [-0.25, -0.2) is 9.18 Å². The molecule has 0 saturated heterocycles. The summed E-state index contributed by atoms with van der Waals surface area (Å²) in [6.45, 7) is 5.52. The molecule has 2 aromatic carbocycles. The summed E-state index contributed by atoms with van der Waals surface area (Å²) in [6.07, 6.45) is -0.891. The number of thiol groups is 1. The summed E-state index contributed by atoms with van der Waals surface area (Å²) in [5.74, 6) is -1.33. The first-order valence-corrected chi connectivity index (χ1v) is 9.35. The van der Waals surface area contributed by atoms with Gasteiger partial charge in [0.25, 0.3) is 0 Å². The normalized spacial score (nSPS) is 11.1. The van der Waals surface area contributed by atoms with Crippen LogP contribution in [0.1, 0.15) is 46.3 Å². The molecule has 2 aromatic rings. The van der Waals surface area contributed by atoms with Crippen molar-refractivity contribution in [3.63, 3.8) is 0 Å². The van der Waals surface area contributed by atoms with E-state index in [9.17, 15) is 14.0 Å². The Hall–Kier alpha value is -2.58. The number of hydrogen-bond donors (Lipinski definition) is 4. The van der Waals surface area contributed by atoms with E-state index in [0.717, 1.165) is 11.1 Å². The number of nitrogens with one attached hydrogen (secondary N) is 1. The molecule has 0 bridgehead atoms. The fourth-order valence-electron chi connectivity index (χ4n) is 2.66. The number of halogens is 2. The van der Waals surface area contributed by atoms with Gasteiger partial charge in [-0.15, -0.1) is 12.6 Å². The SMILES string of the molecule is Cc1ccc(F)c(C(C)CC(=N)OC(N)=O)c1C.NC(=O)c1cc(Cl)ccc1S. The van der Waals surface area contributed by atoms with Gasteiger partial charge in [-0.1, -0.05) is 24.6 Å². The quantitative estimate of drug-likeness (QED) is 0.313. The Morgan fingerprint density at radius 1 is 1.24 bits per heavy atom. The molecule has 29 heavy (non-hydrogen) atoms. The molecule has 0 aromatic heterocycles. The van der Waals surface area contributed by atoms with Gasteiger partial charge in [-0.3, -0.25) is 10.2 Å². The summed E-state index contributed by atoms with van der Waals surface area (Å²) in [4.78, 5) is 21.7. The molecule has 0 saturated carbocycles. The second kappa shape index (κ2) is 10.8. The highest BCUT2D eigenvalue weighted by Crippen LogP contribution is 2.28. The van der Waals surface area contributed by atoms with Crippen LogP contribution in [0.4, 0.5) is 9.18 Å². The molecule has 5 N–H and O–H groups in total. The Labute approximate surface area is 179 Å². The molecule has 0 spiro atoms. The molecule has 2 amide bonds. The third-order valence-corrected chi connectivity index (χ3v) is 4.79. The van der Waals surface area contributed by atoms with E-state index in [0.29, 0.717) is 21.0 Å². The Kier molecular flexibility index (Phi) is 9.13. The summed E-state index contributed by atoms with van der Waals surface area (Å²) in [7, 11) is 0. The number of amides is 2. The molecule has 156 valence electrons. The van der Waals surface area contributed by atoms with Crippen molar-refractivity contribution in [2.24, 2.45) is 11.5 Å². The van der Waals surface area contributed by atoms with E-state index in [1.165, 1.54) is 12.1 Å². The van der Waals surface area contributed by atoms with Crippen molar-refractivity contribution in [2.75, 3.05) is 0 Å². The Morgan fingerprint density at radius 2 is 1.86 bits per heavy atom. The van der Waals surface area contributed by atoms with E-state index < -0.39 is 12.0 Å². The lowest BCUT2D eigenvalue weighted by Crippen LogP contribution is -2.19. The third kappa shape index (κ3) is 7.40. The second-order valence-electron chi connectivity index (χ2n) is 6.38. The highest BCUT2D eigenvalue weighted by molar-refractivity contribution is 7.80. The van der Waals surface area contributed by atoms with Crippen LogP contribution in [-0.4, -0.2) is 17.9 Å².